The SMILES string of the molecule is CC(CO)C(C)NCC(=O)N1CCCCC1. The first-order valence-electron chi connectivity index (χ1n) is 6.27. The first-order chi connectivity index (χ1) is 7.65. The van der Waals surface area contributed by atoms with Crippen LogP contribution >= 0.6 is 0 Å². The zero-order valence-corrected chi connectivity index (χ0v) is 10.4. The Kier molecular flexibility index (Phi) is 5.77. The van der Waals surface area contributed by atoms with Gasteiger partial charge in [0.15, 0.2) is 0 Å². The van der Waals surface area contributed by atoms with E-state index in [0.717, 1.165) is 25.9 Å². The maximum atomic E-state index is 11.8. The minimum absolute atomic E-state index is 0.159. The van der Waals surface area contributed by atoms with E-state index in [1.54, 1.807) is 0 Å². The molecule has 1 aliphatic heterocycles. The van der Waals surface area contributed by atoms with E-state index >= 15 is 0 Å². The van der Waals surface area contributed by atoms with E-state index in [-0.39, 0.29) is 24.5 Å². The fraction of sp³-hybridized carbons (Fsp3) is 0.917. The van der Waals surface area contributed by atoms with Crippen molar-refractivity contribution in [2.75, 3.05) is 26.2 Å². The largest absolute Gasteiger partial charge is 0.396 e. The second-order valence-electron chi connectivity index (χ2n) is 4.77. The van der Waals surface area contributed by atoms with Crippen LogP contribution in [0.25, 0.3) is 0 Å². The third kappa shape index (κ3) is 4.10. The zero-order chi connectivity index (χ0) is 12.0. The van der Waals surface area contributed by atoms with Crippen molar-refractivity contribution >= 4 is 5.91 Å². The van der Waals surface area contributed by atoms with Crippen LogP contribution in [0.2, 0.25) is 0 Å². The Morgan fingerprint density at radius 3 is 2.50 bits per heavy atom. The van der Waals surface area contributed by atoms with Gasteiger partial charge in [-0.3, -0.25) is 4.79 Å². The van der Waals surface area contributed by atoms with Crippen LogP contribution in [0.15, 0.2) is 0 Å². The summed E-state index contributed by atoms with van der Waals surface area (Å²) >= 11 is 0. The van der Waals surface area contributed by atoms with Gasteiger partial charge in [0, 0.05) is 25.7 Å². The van der Waals surface area contributed by atoms with Crippen LogP contribution in [-0.4, -0.2) is 48.2 Å². The third-order valence-electron chi connectivity index (χ3n) is 3.43. The quantitative estimate of drug-likeness (QED) is 0.725. The number of aliphatic hydroxyl groups excluding tert-OH is 1. The van der Waals surface area contributed by atoms with Gasteiger partial charge in [-0.25, -0.2) is 0 Å². The summed E-state index contributed by atoms with van der Waals surface area (Å²) in [7, 11) is 0. The van der Waals surface area contributed by atoms with Crippen molar-refractivity contribution in [1.82, 2.24) is 10.2 Å². The lowest BCUT2D eigenvalue weighted by molar-refractivity contribution is -0.131. The van der Waals surface area contributed by atoms with Gasteiger partial charge in [0.2, 0.25) is 5.91 Å². The minimum Gasteiger partial charge on any atom is -0.396 e. The Hall–Kier alpha value is -0.610. The normalized spacial score (nSPS) is 20.6. The van der Waals surface area contributed by atoms with Crippen molar-refractivity contribution in [3.05, 3.63) is 0 Å². The van der Waals surface area contributed by atoms with E-state index < -0.39 is 0 Å². The molecule has 2 atom stereocenters. The van der Waals surface area contributed by atoms with Crippen molar-refractivity contribution in [3.63, 3.8) is 0 Å². The predicted octanol–water partition coefficient (Wildman–Crippen LogP) is 0.605. The fourth-order valence-electron chi connectivity index (χ4n) is 1.86. The average Bonchev–Trinajstić information content (AvgIpc) is 2.35. The summed E-state index contributed by atoms with van der Waals surface area (Å²) in [6, 6.07) is 0.179. The molecule has 2 N–H and O–H groups in total. The predicted molar refractivity (Wildman–Crippen MR) is 64.1 cm³/mol. The van der Waals surface area contributed by atoms with Crippen LogP contribution in [0, 0.1) is 5.92 Å². The molecule has 1 saturated heterocycles. The summed E-state index contributed by atoms with van der Waals surface area (Å²) in [5.41, 5.74) is 0. The highest BCUT2D eigenvalue weighted by Gasteiger charge is 2.18. The zero-order valence-electron chi connectivity index (χ0n) is 10.4. The molecule has 1 fully saturated rings. The summed E-state index contributed by atoms with van der Waals surface area (Å²) in [6.45, 7) is 6.35. The summed E-state index contributed by atoms with van der Waals surface area (Å²) in [5.74, 6) is 0.380. The number of carbonyl (C=O) groups is 1. The summed E-state index contributed by atoms with van der Waals surface area (Å²) in [5, 5.41) is 12.2. The highest BCUT2D eigenvalue weighted by atomic mass is 16.3. The number of hydrogen-bond donors (Lipinski definition) is 2. The number of hydrogen-bond acceptors (Lipinski definition) is 3. The molecule has 0 aliphatic carbocycles. The molecule has 4 heteroatoms. The number of rotatable bonds is 5. The maximum absolute atomic E-state index is 11.8. The Labute approximate surface area is 98.0 Å². The maximum Gasteiger partial charge on any atom is 0.236 e. The number of nitrogens with one attached hydrogen (secondary N) is 1. The minimum atomic E-state index is 0.159. The van der Waals surface area contributed by atoms with E-state index in [2.05, 4.69) is 5.32 Å². The first-order valence-corrected chi connectivity index (χ1v) is 6.27. The molecule has 1 aliphatic rings. The number of carbonyl (C=O) groups excluding carboxylic acids is 1. The average molecular weight is 228 g/mol. The van der Waals surface area contributed by atoms with Gasteiger partial charge in [-0.1, -0.05) is 6.92 Å². The molecule has 0 aromatic rings. The van der Waals surface area contributed by atoms with Gasteiger partial charge >= 0.3 is 0 Å². The molecule has 0 aromatic carbocycles. The smallest absolute Gasteiger partial charge is 0.236 e. The van der Waals surface area contributed by atoms with E-state index in [0.29, 0.717) is 6.54 Å². The molecule has 4 nitrogen and oxygen atoms in total. The number of likely N-dealkylation sites (tertiary alicyclic amines) is 1. The third-order valence-corrected chi connectivity index (χ3v) is 3.43. The topological polar surface area (TPSA) is 52.6 Å². The van der Waals surface area contributed by atoms with Crippen molar-refractivity contribution in [1.29, 1.82) is 0 Å². The Morgan fingerprint density at radius 2 is 1.94 bits per heavy atom. The lowest BCUT2D eigenvalue weighted by Gasteiger charge is -2.28. The van der Waals surface area contributed by atoms with Crippen LogP contribution in [0.5, 0.6) is 0 Å². The summed E-state index contributed by atoms with van der Waals surface area (Å²) in [6.07, 6.45) is 3.51. The van der Waals surface area contributed by atoms with Gasteiger partial charge in [0.1, 0.15) is 0 Å². The molecule has 1 rings (SSSR count). The Bertz CT molecular complexity index is 215. The molecular weight excluding hydrogens is 204 g/mol. The molecule has 0 spiro atoms. The summed E-state index contributed by atoms with van der Waals surface area (Å²) in [4.78, 5) is 13.8. The Morgan fingerprint density at radius 1 is 1.31 bits per heavy atom. The standard InChI is InChI=1S/C12H24N2O2/c1-10(9-15)11(2)13-8-12(16)14-6-4-3-5-7-14/h10-11,13,15H,3-9H2,1-2H3. The number of amides is 1. The van der Waals surface area contributed by atoms with Gasteiger partial charge < -0.3 is 15.3 Å². The van der Waals surface area contributed by atoms with E-state index in [1.165, 1.54) is 6.42 Å². The molecule has 0 saturated carbocycles. The highest BCUT2D eigenvalue weighted by molar-refractivity contribution is 5.78. The highest BCUT2D eigenvalue weighted by Crippen LogP contribution is 2.08. The van der Waals surface area contributed by atoms with Crippen molar-refractivity contribution in [2.45, 2.75) is 39.2 Å². The Balaban J connectivity index is 2.23. The fourth-order valence-corrected chi connectivity index (χ4v) is 1.86. The van der Waals surface area contributed by atoms with Crippen LogP contribution in [0.3, 0.4) is 0 Å². The molecule has 1 amide bonds. The molecule has 2 unspecified atom stereocenters. The molecule has 16 heavy (non-hydrogen) atoms. The van der Waals surface area contributed by atoms with Crippen LogP contribution in [0.4, 0.5) is 0 Å². The second kappa shape index (κ2) is 6.86. The molecule has 0 radical (unpaired) electrons. The van der Waals surface area contributed by atoms with Gasteiger partial charge in [-0.15, -0.1) is 0 Å². The number of aliphatic hydroxyl groups is 1. The molecular formula is C12H24N2O2. The first kappa shape index (κ1) is 13.5. The summed E-state index contributed by atoms with van der Waals surface area (Å²) < 4.78 is 0. The lowest BCUT2D eigenvalue weighted by atomic mass is 10.1. The van der Waals surface area contributed by atoms with Crippen LogP contribution < -0.4 is 5.32 Å². The molecule has 94 valence electrons. The number of nitrogens with zero attached hydrogens (tertiary/aromatic N) is 1. The van der Waals surface area contributed by atoms with Crippen molar-refractivity contribution < 1.29 is 9.90 Å². The van der Waals surface area contributed by atoms with Crippen LogP contribution in [-0.2, 0) is 4.79 Å². The second-order valence-corrected chi connectivity index (χ2v) is 4.77. The number of piperidine rings is 1. The molecule has 1 heterocycles. The monoisotopic (exact) mass is 228 g/mol. The lowest BCUT2D eigenvalue weighted by Crippen LogP contribution is -2.44. The van der Waals surface area contributed by atoms with E-state index in [9.17, 15) is 4.79 Å². The van der Waals surface area contributed by atoms with Crippen LogP contribution in [0.1, 0.15) is 33.1 Å². The van der Waals surface area contributed by atoms with Gasteiger partial charge in [0.05, 0.1) is 6.54 Å². The van der Waals surface area contributed by atoms with Gasteiger partial charge in [-0.05, 0) is 32.1 Å². The van der Waals surface area contributed by atoms with Crippen molar-refractivity contribution in [3.8, 4) is 0 Å². The van der Waals surface area contributed by atoms with Gasteiger partial charge in [-0.2, -0.15) is 0 Å². The van der Waals surface area contributed by atoms with Gasteiger partial charge in [0.25, 0.3) is 0 Å². The van der Waals surface area contributed by atoms with E-state index in [1.807, 2.05) is 18.7 Å². The van der Waals surface area contributed by atoms with E-state index in [4.69, 9.17) is 5.11 Å². The molecule has 0 bridgehead atoms. The molecule has 0 aromatic heterocycles. The van der Waals surface area contributed by atoms with Crippen molar-refractivity contribution in [2.24, 2.45) is 5.92 Å².